The first kappa shape index (κ1) is 15.3. The fourth-order valence-corrected chi connectivity index (χ4v) is 1.55. The van der Waals surface area contributed by atoms with Crippen LogP contribution in [0.25, 0.3) is 0 Å². The van der Waals surface area contributed by atoms with E-state index in [1.54, 1.807) is 25.1 Å². The van der Waals surface area contributed by atoms with Crippen LogP contribution in [0.4, 0.5) is 0 Å². The summed E-state index contributed by atoms with van der Waals surface area (Å²) in [5.41, 5.74) is 1.01. The maximum Gasteiger partial charge on any atom is 0.338 e. The summed E-state index contributed by atoms with van der Waals surface area (Å²) in [7, 11) is 0. The van der Waals surface area contributed by atoms with Crippen molar-refractivity contribution in [3.05, 3.63) is 47.5 Å². The van der Waals surface area contributed by atoms with Gasteiger partial charge in [-0.15, -0.1) is 0 Å². The molecule has 1 fully saturated rings. The molecule has 0 unspecified atom stereocenters. The maximum absolute atomic E-state index is 11.9. The van der Waals surface area contributed by atoms with E-state index < -0.39 is 11.9 Å². The zero-order valence-electron chi connectivity index (χ0n) is 12.2. The van der Waals surface area contributed by atoms with E-state index in [9.17, 15) is 9.59 Å². The van der Waals surface area contributed by atoms with Crippen LogP contribution in [0.1, 0.15) is 34.6 Å². The van der Waals surface area contributed by atoms with Gasteiger partial charge in [-0.25, -0.2) is 9.59 Å². The van der Waals surface area contributed by atoms with Crippen molar-refractivity contribution in [3.63, 3.8) is 0 Å². The van der Waals surface area contributed by atoms with E-state index in [0.29, 0.717) is 17.7 Å². The molecular weight excluding hydrogens is 272 g/mol. The van der Waals surface area contributed by atoms with Gasteiger partial charge < -0.3 is 14.2 Å². The Bertz CT molecular complexity index is 572. The summed E-state index contributed by atoms with van der Waals surface area (Å²) >= 11 is 0. The molecule has 5 nitrogen and oxygen atoms in total. The van der Waals surface area contributed by atoms with Crippen molar-refractivity contribution >= 4 is 11.9 Å². The van der Waals surface area contributed by atoms with Crippen LogP contribution in [0, 0.1) is 0 Å². The van der Waals surface area contributed by atoms with Gasteiger partial charge in [0.05, 0.1) is 17.7 Å². The van der Waals surface area contributed by atoms with E-state index in [2.05, 4.69) is 6.58 Å². The summed E-state index contributed by atoms with van der Waals surface area (Å²) in [6.45, 7) is 8.24. The molecule has 1 aromatic carbocycles. The Morgan fingerprint density at radius 2 is 1.86 bits per heavy atom. The molecule has 1 aromatic rings. The Labute approximate surface area is 123 Å². The number of benzene rings is 1. The maximum atomic E-state index is 11.9. The smallest absolute Gasteiger partial charge is 0.338 e. The van der Waals surface area contributed by atoms with Crippen LogP contribution < -0.4 is 0 Å². The molecule has 0 spiro atoms. The van der Waals surface area contributed by atoms with Crippen molar-refractivity contribution in [2.45, 2.75) is 19.4 Å². The van der Waals surface area contributed by atoms with Gasteiger partial charge in [-0.1, -0.05) is 12.6 Å². The normalized spacial score (nSPS) is 19.7. The van der Waals surface area contributed by atoms with Gasteiger partial charge in [0.1, 0.15) is 18.8 Å². The second-order valence-corrected chi connectivity index (χ2v) is 5.43. The molecule has 0 saturated carbocycles. The number of carbonyl (C=O) groups is 2. The second-order valence-electron chi connectivity index (χ2n) is 5.43. The number of hydrogen-bond donors (Lipinski definition) is 0. The molecule has 1 atom stereocenters. The molecule has 1 aliphatic heterocycles. The second kappa shape index (κ2) is 6.10. The van der Waals surface area contributed by atoms with Crippen LogP contribution in [-0.2, 0) is 14.2 Å². The zero-order chi connectivity index (χ0) is 15.5. The van der Waals surface area contributed by atoms with Gasteiger partial charge in [0.15, 0.2) is 0 Å². The molecule has 2 rings (SSSR count). The molecule has 0 radical (unpaired) electrons. The minimum atomic E-state index is -0.495. The number of esters is 2. The third-order valence-corrected chi connectivity index (χ3v) is 2.93. The van der Waals surface area contributed by atoms with E-state index in [-0.39, 0.29) is 18.8 Å². The van der Waals surface area contributed by atoms with Crippen LogP contribution in [0.5, 0.6) is 0 Å². The molecule has 0 amide bonds. The monoisotopic (exact) mass is 290 g/mol. The van der Waals surface area contributed by atoms with E-state index in [0.717, 1.165) is 5.57 Å². The molecule has 1 saturated heterocycles. The highest BCUT2D eigenvalue weighted by atomic mass is 16.6. The highest BCUT2D eigenvalue weighted by Gasteiger charge is 2.40. The lowest BCUT2D eigenvalue weighted by Gasteiger charge is -2.08. The lowest BCUT2D eigenvalue weighted by atomic mass is 10.1. The van der Waals surface area contributed by atoms with Gasteiger partial charge in [0.25, 0.3) is 0 Å². The Kier molecular flexibility index (Phi) is 4.43. The first-order chi connectivity index (χ1) is 9.89. The standard InChI is InChI=1S/C16H18O5/c1-11(2)8-19-14(17)12-5-4-6-13(7-12)15(18)20-9-16(3)10-21-16/h4-7H,1,8-10H2,2-3H3/t16-/m1/s1. The highest BCUT2D eigenvalue weighted by molar-refractivity contribution is 5.95. The van der Waals surface area contributed by atoms with E-state index >= 15 is 0 Å². The van der Waals surface area contributed by atoms with E-state index in [1.165, 1.54) is 6.07 Å². The number of epoxide rings is 1. The molecule has 1 heterocycles. The highest BCUT2D eigenvalue weighted by Crippen LogP contribution is 2.26. The quantitative estimate of drug-likeness (QED) is 0.457. The van der Waals surface area contributed by atoms with E-state index in [1.807, 2.05) is 6.92 Å². The van der Waals surface area contributed by atoms with Crippen molar-refractivity contribution < 1.29 is 23.8 Å². The van der Waals surface area contributed by atoms with Crippen molar-refractivity contribution in [3.8, 4) is 0 Å². The lowest BCUT2D eigenvalue weighted by Crippen LogP contribution is -2.18. The summed E-state index contributed by atoms with van der Waals surface area (Å²) in [6, 6.07) is 6.25. The molecule has 5 heteroatoms. The van der Waals surface area contributed by atoms with Crippen molar-refractivity contribution in [2.24, 2.45) is 0 Å². The molecule has 0 bridgehead atoms. The molecule has 112 valence electrons. The number of ether oxygens (including phenoxy) is 3. The minimum absolute atomic E-state index is 0.156. The fourth-order valence-electron chi connectivity index (χ4n) is 1.55. The summed E-state index contributed by atoms with van der Waals surface area (Å²) in [4.78, 5) is 23.7. The third kappa shape index (κ3) is 4.43. The number of carbonyl (C=O) groups excluding carboxylic acids is 2. The average Bonchev–Trinajstić information content (AvgIpc) is 3.20. The predicted molar refractivity (Wildman–Crippen MR) is 76.2 cm³/mol. The van der Waals surface area contributed by atoms with Crippen LogP contribution >= 0.6 is 0 Å². The van der Waals surface area contributed by atoms with Crippen molar-refractivity contribution in [1.29, 1.82) is 0 Å². The molecular formula is C16H18O5. The van der Waals surface area contributed by atoms with Crippen LogP contribution in [0.3, 0.4) is 0 Å². The largest absolute Gasteiger partial charge is 0.459 e. The molecule has 0 aliphatic carbocycles. The van der Waals surface area contributed by atoms with Crippen molar-refractivity contribution in [2.75, 3.05) is 19.8 Å². The van der Waals surface area contributed by atoms with Crippen LogP contribution in [-0.4, -0.2) is 37.4 Å². The first-order valence-electron chi connectivity index (χ1n) is 6.62. The molecule has 0 aromatic heterocycles. The van der Waals surface area contributed by atoms with Gasteiger partial charge in [-0.05, 0) is 37.6 Å². The summed E-state index contributed by atoms with van der Waals surface area (Å²) in [5.74, 6) is -0.980. The van der Waals surface area contributed by atoms with Gasteiger partial charge in [0.2, 0.25) is 0 Å². The zero-order valence-corrected chi connectivity index (χ0v) is 12.2. The van der Waals surface area contributed by atoms with Gasteiger partial charge in [0, 0.05) is 0 Å². The van der Waals surface area contributed by atoms with Crippen LogP contribution in [0.2, 0.25) is 0 Å². The minimum Gasteiger partial charge on any atom is -0.459 e. The Morgan fingerprint density at radius 3 is 2.38 bits per heavy atom. The lowest BCUT2D eigenvalue weighted by molar-refractivity contribution is 0.0411. The third-order valence-electron chi connectivity index (χ3n) is 2.93. The summed E-state index contributed by atoms with van der Waals surface area (Å²) in [6.07, 6.45) is 0. The first-order valence-corrected chi connectivity index (χ1v) is 6.62. The van der Waals surface area contributed by atoms with Crippen LogP contribution in [0.15, 0.2) is 36.4 Å². The summed E-state index contributed by atoms with van der Waals surface area (Å²) in [5, 5.41) is 0. The van der Waals surface area contributed by atoms with Gasteiger partial charge in [-0.2, -0.15) is 0 Å². The SMILES string of the molecule is C=C(C)COC(=O)c1cccc(C(=O)OC[C@]2(C)CO2)c1. The molecule has 1 aliphatic rings. The van der Waals surface area contributed by atoms with E-state index in [4.69, 9.17) is 14.2 Å². The Balaban J connectivity index is 1.97. The van der Waals surface area contributed by atoms with Gasteiger partial charge in [-0.3, -0.25) is 0 Å². The predicted octanol–water partition coefficient (Wildman–Crippen LogP) is 2.37. The molecule has 0 N–H and O–H groups in total. The van der Waals surface area contributed by atoms with Crippen molar-refractivity contribution in [1.82, 2.24) is 0 Å². The Hall–Kier alpha value is -2.14. The topological polar surface area (TPSA) is 65.1 Å². The summed E-state index contributed by atoms with van der Waals surface area (Å²) < 4.78 is 15.3. The number of rotatable bonds is 6. The fraction of sp³-hybridized carbons (Fsp3) is 0.375. The average molecular weight is 290 g/mol. The van der Waals surface area contributed by atoms with Gasteiger partial charge >= 0.3 is 11.9 Å². The number of hydrogen-bond acceptors (Lipinski definition) is 5. The Morgan fingerprint density at radius 1 is 1.29 bits per heavy atom. The molecule has 21 heavy (non-hydrogen) atoms.